The number of carbonyl (C=O) groups is 1. The molecule has 0 fully saturated rings. The van der Waals surface area contributed by atoms with E-state index < -0.39 is 4.92 Å². The molecule has 0 aliphatic rings. The van der Waals surface area contributed by atoms with E-state index >= 15 is 0 Å². The summed E-state index contributed by atoms with van der Waals surface area (Å²) in [7, 11) is 0. The van der Waals surface area contributed by atoms with Crippen molar-refractivity contribution in [2.45, 2.75) is 13.8 Å². The van der Waals surface area contributed by atoms with Gasteiger partial charge in [0, 0.05) is 19.2 Å². The summed E-state index contributed by atoms with van der Waals surface area (Å²) in [6.07, 6.45) is 1.26. The third-order valence-corrected chi connectivity index (χ3v) is 3.02. The molecule has 1 aromatic rings. The Morgan fingerprint density at radius 1 is 1.63 bits per heavy atom. The van der Waals surface area contributed by atoms with Crippen molar-refractivity contribution in [3.05, 3.63) is 44.6 Å². The maximum Gasteiger partial charge on any atom is 0.364 e. The number of amides is 1. The van der Waals surface area contributed by atoms with Crippen LogP contribution < -0.4 is 0 Å². The van der Waals surface area contributed by atoms with Crippen molar-refractivity contribution < 1.29 is 9.72 Å². The van der Waals surface area contributed by atoms with E-state index in [1.165, 1.54) is 12.3 Å². The summed E-state index contributed by atoms with van der Waals surface area (Å²) in [6.45, 7) is 8.33. The number of halogens is 1. The van der Waals surface area contributed by atoms with E-state index in [1.807, 2.05) is 13.8 Å². The zero-order chi connectivity index (χ0) is 14.6. The highest BCUT2D eigenvalue weighted by Crippen LogP contribution is 2.21. The number of likely N-dealkylation sites (N-methyl/N-ethyl adjacent to an activating group) is 1. The number of rotatable bonds is 5. The van der Waals surface area contributed by atoms with Crippen LogP contribution in [0.2, 0.25) is 0 Å². The van der Waals surface area contributed by atoms with Crippen molar-refractivity contribution >= 4 is 27.7 Å². The molecule has 0 unspecified atom stereocenters. The van der Waals surface area contributed by atoms with Crippen molar-refractivity contribution in [1.29, 1.82) is 0 Å². The van der Waals surface area contributed by atoms with Gasteiger partial charge in [0.1, 0.15) is 0 Å². The molecule has 0 N–H and O–H groups in total. The number of pyridine rings is 1. The van der Waals surface area contributed by atoms with E-state index in [2.05, 4.69) is 27.5 Å². The Morgan fingerprint density at radius 3 is 2.74 bits per heavy atom. The molecule has 1 heterocycles. The van der Waals surface area contributed by atoms with Crippen LogP contribution in [0, 0.1) is 10.1 Å². The summed E-state index contributed by atoms with van der Waals surface area (Å²) >= 11 is 3.19. The molecule has 7 heteroatoms. The minimum absolute atomic E-state index is 0.227. The van der Waals surface area contributed by atoms with Crippen LogP contribution in [0.5, 0.6) is 0 Å². The van der Waals surface area contributed by atoms with Gasteiger partial charge in [0.25, 0.3) is 5.91 Å². The molecule has 0 aliphatic carbocycles. The second-order valence-corrected chi connectivity index (χ2v) is 4.91. The van der Waals surface area contributed by atoms with E-state index in [0.717, 1.165) is 5.57 Å². The monoisotopic (exact) mass is 327 g/mol. The molecule has 0 atom stereocenters. The Kier molecular flexibility index (Phi) is 5.17. The second-order valence-electron chi connectivity index (χ2n) is 4.06. The molecule has 0 radical (unpaired) electrons. The van der Waals surface area contributed by atoms with Crippen LogP contribution in [0.4, 0.5) is 5.82 Å². The summed E-state index contributed by atoms with van der Waals surface area (Å²) in [4.78, 5) is 27.6. The molecule has 0 spiro atoms. The van der Waals surface area contributed by atoms with E-state index in [4.69, 9.17) is 0 Å². The Balaban J connectivity index is 3.13. The first kappa shape index (κ1) is 15.3. The van der Waals surface area contributed by atoms with E-state index in [1.54, 1.807) is 4.90 Å². The topological polar surface area (TPSA) is 76.3 Å². The maximum absolute atomic E-state index is 12.3. The van der Waals surface area contributed by atoms with Gasteiger partial charge in [0.05, 0.1) is 10.0 Å². The van der Waals surface area contributed by atoms with Gasteiger partial charge in [-0.2, -0.15) is 0 Å². The predicted molar refractivity (Wildman–Crippen MR) is 75.0 cm³/mol. The van der Waals surface area contributed by atoms with Gasteiger partial charge in [-0.15, -0.1) is 0 Å². The lowest BCUT2D eigenvalue weighted by Crippen LogP contribution is -2.32. The highest BCUT2D eigenvalue weighted by Gasteiger charge is 2.21. The van der Waals surface area contributed by atoms with Crippen molar-refractivity contribution in [2.75, 3.05) is 13.1 Å². The number of carbonyl (C=O) groups excluding carboxylic acids is 1. The maximum atomic E-state index is 12.3. The van der Waals surface area contributed by atoms with Crippen LogP contribution in [0.1, 0.15) is 24.2 Å². The Bertz CT molecular complexity index is 531. The molecule has 0 bridgehead atoms. The zero-order valence-electron chi connectivity index (χ0n) is 10.7. The van der Waals surface area contributed by atoms with Crippen LogP contribution in [-0.2, 0) is 0 Å². The second kappa shape index (κ2) is 6.42. The minimum atomic E-state index is -0.627. The predicted octanol–water partition coefficient (Wildman–Crippen LogP) is 2.79. The van der Waals surface area contributed by atoms with E-state index in [0.29, 0.717) is 17.6 Å². The van der Waals surface area contributed by atoms with Gasteiger partial charge in [0.2, 0.25) is 0 Å². The highest BCUT2D eigenvalue weighted by atomic mass is 79.9. The minimum Gasteiger partial charge on any atom is -0.358 e. The fraction of sp³-hybridized carbons (Fsp3) is 0.333. The van der Waals surface area contributed by atoms with E-state index in [9.17, 15) is 14.9 Å². The lowest BCUT2D eigenvalue weighted by atomic mass is 10.2. The first-order chi connectivity index (χ1) is 8.86. The SMILES string of the molecule is C=C(C)CN(CC)C(=O)c1cc([N+](=O)[O-])ncc1Br. The van der Waals surface area contributed by atoms with Crippen LogP contribution in [0.3, 0.4) is 0 Å². The molecular formula is C12H14BrN3O3. The van der Waals surface area contributed by atoms with Gasteiger partial charge in [-0.05, 0) is 39.7 Å². The van der Waals surface area contributed by atoms with Gasteiger partial charge in [-0.25, -0.2) is 0 Å². The third kappa shape index (κ3) is 3.85. The van der Waals surface area contributed by atoms with Crippen molar-refractivity contribution in [2.24, 2.45) is 0 Å². The first-order valence-electron chi connectivity index (χ1n) is 5.60. The molecule has 0 saturated heterocycles. The van der Waals surface area contributed by atoms with Gasteiger partial charge < -0.3 is 15.0 Å². The van der Waals surface area contributed by atoms with Crippen LogP contribution in [0.15, 0.2) is 28.9 Å². The fourth-order valence-electron chi connectivity index (χ4n) is 1.51. The highest BCUT2D eigenvalue weighted by molar-refractivity contribution is 9.10. The van der Waals surface area contributed by atoms with Gasteiger partial charge in [0.15, 0.2) is 6.20 Å². The molecular weight excluding hydrogens is 314 g/mol. The van der Waals surface area contributed by atoms with Crippen LogP contribution >= 0.6 is 15.9 Å². The number of hydrogen-bond acceptors (Lipinski definition) is 4. The summed E-state index contributed by atoms with van der Waals surface area (Å²) < 4.78 is 0.434. The standard InChI is InChI=1S/C12H14BrN3O3/c1-4-15(7-8(2)3)12(17)9-5-11(16(18)19)14-6-10(9)13/h5-6H,2,4,7H2,1,3H3. The van der Waals surface area contributed by atoms with Crippen molar-refractivity contribution in [3.8, 4) is 0 Å². The summed E-state index contributed by atoms with van der Waals surface area (Å²) in [5.41, 5.74) is 1.07. The molecule has 6 nitrogen and oxygen atoms in total. The third-order valence-electron chi connectivity index (χ3n) is 2.39. The first-order valence-corrected chi connectivity index (χ1v) is 6.39. The van der Waals surface area contributed by atoms with Gasteiger partial charge in [-0.3, -0.25) is 4.79 Å². The number of nitrogens with zero attached hydrogens (tertiary/aromatic N) is 3. The van der Waals surface area contributed by atoms with Crippen LogP contribution in [0.25, 0.3) is 0 Å². The van der Waals surface area contributed by atoms with Crippen molar-refractivity contribution in [3.63, 3.8) is 0 Å². The number of aromatic nitrogens is 1. The number of hydrogen-bond donors (Lipinski definition) is 0. The quantitative estimate of drug-likeness (QED) is 0.473. The Labute approximate surface area is 119 Å². The largest absolute Gasteiger partial charge is 0.364 e. The molecule has 19 heavy (non-hydrogen) atoms. The lowest BCUT2D eigenvalue weighted by molar-refractivity contribution is -0.389. The Hall–Kier alpha value is -1.76. The zero-order valence-corrected chi connectivity index (χ0v) is 12.3. The number of nitro groups is 1. The molecule has 102 valence electrons. The lowest BCUT2D eigenvalue weighted by Gasteiger charge is -2.21. The molecule has 0 saturated carbocycles. The normalized spacial score (nSPS) is 10.1. The summed E-state index contributed by atoms with van der Waals surface area (Å²) in [5.74, 6) is -0.638. The molecule has 1 amide bonds. The van der Waals surface area contributed by atoms with Crippen molar-refractivity contribution in [1.82, 2.24) is 9.88 Å². The molecule has 1 rings (SSSR count). The molecule has 0 aromatic carbocycles. The average molecular weight is 328 g/mol. The Morgan fingerprint density at radius 2 is 2.26 bits per heavy atom. The fourth-order valence-corrected chi connectivity index (χ4v) is 1.90. The molecule has 1 aromatic heterocycles. The van der Waals surface area contributed by atoms with Crippen LogP contribution in [-0.4, -0.2) is 33.8 Å². The summed E-state index contributed by atoms with van der Waals surface area (Å²) in [5, 5.41) is 10.7. The average Bonchev–Trinajstić information content (AvgIpc) is 2.35. The molecule has 0 aliphatic heterocycles. The summed E-state index contributed by atoms with van der Waals surface area (Å²) in [6, 6.07) is 1.17. The van der Waals surface area contributed by atoms with E-state index in [-0.39, 0.29) is 17.3 Å². The van der Waals surface area contributed by atoms with Gasteiger partial charge >= 0.3 is 5.82 Å². The van der Waals surface area contributed by atoms with Gasteiger partial charge in [-0.1, -0.05) is 12.2 Å². The smallest absolute Gasteiger partial charge is 0.358 e.